The van der Waals surface area contributed by atoms with E-state index in [9.17, 15) is 9.59 Å². The van der Waals surface area contributed by atoms with Gasteiger partial charge in [0.15, 0.2) is 0 Å². The molecular formula is C29H29ClN4O2S. The van der Waals surface area contributed by atoms with Crippen LogP contribution in [0.5, 0.6) is 0 Å². The third-order valence-electron chi connectivity index (χ3n) is 9.46. The second-order valence-corrected chi connectivity index (χ2v) is 13.3. The van der Waals surface area contributed by atoms with Gasteiger partial charge in [-0.05, 0) is 73.8 Å². The van der Waals surface area contributed by atoms with Crippen molar-refractivity contribution in [3.63, 3.8) is 0 Å². The Morgan fingerprint density at radius 1 is 1.14 bits per heavy atom. The second-order valence-electron chi connectivity index (χ2n) is 11.7. The molecule has 3 atom stereocenters. The Balaban J connectivity index is 1.23. The zero-order valence-electron chi connectivity index (χ0n) is 20.6. The molecule has 5 aliphatic rings. The van der Waals surface area contributed by atoms with Crippen molar-refractivity contribution in [2.24, 2.45) is 5.92 Å². The lowest BCUT2D eigenvalue weighted by Gasteiger charge is -2.41. The summed E-state index contributed by atoms with van der Waals surface area (Å²) in [4.78, 5) is 34.2. The number of hydrogen-bond donors (Lipinski definition) is 1. The average Bonchev–Trinajstić information content (AvgIpc) is 3.18. The van der Waals surface area contributed by atoms with Gasteiger partial charge in [-0.1, -0.05) is 11.6 Å². The summed E-state index contributed by atoms with van der Waals surface area (Å²) in [5.41, 5.74) is 6.37. The number of rotatable bonds is 4. The third kappa shape index (κ3) is 3.50. The van der Waals surface area contributed by atoms with Crippen molar-refractivity contribution in [1.82, 2.24) is 15.2 Å². The highest BCUT2D eigenvalue weighted by Crippen LogP contribution is 2.59. The van der Waals surface area contributed by atoms with E-state index >= 15 is 0 Å². The first-order valence-corrected chi connectivity index (χ1v) is 14.7. The molecule has 2 saturated carbocycles. The van der Waals surface area contributed by atoms with Gasteiger partial charge in [-0.3, -0.25) is 19.5 Å². The molecule has 3 aromatic rings. The lowest BCUT2D eigenvalue weighted by atomic mass is 9.75. The van der Waals surface area contributed by atoms with Crippen molar-refractivity contribution in [2.75, 3.05) is 18.0 Å². The number of pyridine rings is 1. The Labute approximate surface area is 225 Å². The minimum Gasteiger partial charge on any atom is -0.366 e. The van der Waals surface area contributed by atoms with Gasteiger partial charge >= 0.3 is 0 Å². The number of hydrogen-bond acceptors (Lipinski definition) is 6. The van der Waals surface area contributed by atoms with E-state index in [-0.39, 0.29) is 11.8 Å². The molecule has 8 rings (SSSR count). The predicted octanol–water partition coefficient (Wildman–Crippen LogP) is 5.47. The van der Waals surface area contributed by atoms with E-state index in [1.54, 1.807) is 11.3 Å². The molecule has 37 heavy (non-hydrogen) atoms. The molecule has 5 heterocycles. The number of carbonyl (C=O) groups is 2. The van der Waals surface area contributed by atoms with Crippen LogP contribution >= 0.6 is 22.9 Å². The number of carbonyl (C=O) groups excluding carboxylic acids is 2. The molecule has 2 aliphatic carbocycles. The number of halogens is 1. The zero-order chi connectivity index (χ0) is 24.9. The van der Waals surface area contributed by atoms with E-state index in [0.29, 0.717) is 36.9 Å². The van der Waals surface area contributed by atoms with E-state index in [1.807, 2.05) is 12.3 Å². The first-order chi connectivity index (χ1) is 18.0. The van der Waals surface area contributed by atoms with Gasteiger partial charge in [-0.25, -0.2) is 0 Å². The Morgan fingerprint density at radius 3 is 2.73 bits per heavy atom. The maximum absolute atomic E-state index is 12.2. The van der Waals surface area contributed by atoms with Gasteiger partial charge in [0.05, 0.1) is 16.8 Å². The van der Waals surface area contributed by atoms with Gasteiger partial charge in [-0.2, -0.15) is 0 Å². The van der Waals surface area contributed by atoms with Crippen molar-refractivity contribution in [2.45, 2.75) is 69.0 Å². The summed E-state index contributed by atoms with van der Waals surface area (Å²) in [7, 11) is 0. The van der Waals surface area contributed by atoms with Crippen LogP contribution in [0, 0.1) is 5.92 Å². The van der Waals surface area contributed by atoms with Crippen molar-refractivity contribution in [3.8, 4) is 11.1 Å². The summed E-state index contributed by atoms with van der Waals surface area (Å²) in [5, 5.41) is 4.67. The molecule has 4 fully saturated rings. The molecule has 1 aromatic carbocycles. The number of benzene rings is 1. The molecule has 1 N–H and O–H groups in total. The Morgan fingerprint density at radius 2 is 1.97 bits per heavy atom. The smallest absolute Gasteiger partial charge is 0.230 e. The molecule has 0 radical (unpaired) electrons. The predicted molar refractivity (Wildman–Crippen MR) is 146 cm³/mol. The Hall–Kier alpha value is -2.48. The first-order valence-electron chi connectivity index (χ1n) is 13.5. The van der Waals surface area contributed by atoms with Crippen LogP contribution in [0.15, 0.2) is 30.5 Å². The molecule has 0 bridgehead atoms. The summed E-state index contributed by atoms with van der Waals surface area (Å²) in [6.45, 7) is 2.50. The van der Waals surface area contributed by atoms with Gasteiger partial charge in [0.2, 0.25) is 11.8 Å². The van der Waals surface area contributed by atoms with Crippen molar-refractivity contribution in [1.29, 1.82) is 0 Å². The van der Waals surface area contributed by atoms with E-state index in [4.69, 9.17) is 11.6 Å². The largest absolute Gasteiger partial charge is 0.366 e. The maximum atomic E-state index is 12.2. The summed E-state index contributed by atoms with van der Waals surface area (Å²) < 4.78 is 1.10. The number of nitrogens with zero attached hydrogens (tertiary/aromatic N) is 3. The Bertz CT molecular complexity index is 1460. The normalized spacial score (nSPS) is 27.6. The molecular weight excluding hydrogens is 504 g/mol. The summed E-state index contributed by atoms with van der Waals surface area (Å²) in [6.07, 6.45) is 8.92. The Kier molecular flexibility index (Phi) is 4.87. The maximum Gasteiger partial charge on any atom is 0.230 e. The number of anilines is 1. The molecule has 1 spiro atoms. The van der Waals surface area contributed by atoms with Crippen LogP contribution < -0.4 is 10.2 Å². The van der Waals surface area contributed by atoms with Crippen molar-refractivity contribution in [3.05, 3.63) is 45.9 Å². The van der Waals surface area contributed by atoms with Crippen LogP contribution in [0.4, 0.5) is 5.69 Å². The highest BCUT2D eigenvalue weighted by atomic mass is 35.5. The van der Waals surface area contributed by atoms with Crippen LogP contribution in [-0.4, -0.2) is 46.4 Å². The molecule has 3 aliphatic heterocycles. The molecule has 0 unspecified atom stereocenters. The molecule has 2 amide bonds. The molecule has 2 aromatic heterocycles. The fourth-order valence-electron chi connectivity index (χ4n) is 7.30. The van der Waals surface area contributed by atoms with Crippen LogP contribution in [0.2, 0.25) is 5.02 Å². The highest BCUT2D eigenvalue weighted by molar-refractivity contribution is 7.19. The number of fused-ring (bicyclic) bond motifs is 4. The molecule has 2 saturated heterocycles. The monoisotopic (exact) mass is 532 g/mol. The number of aromatic nitrogens is 1. The fourth-order valence-corrected chi connectivity index (χ4v) is 8.66. The number of thiophene rings is 1. The van der Waals surface area contributed by atoms with Gasteiger partial charge in [-0.15, -0.1) is 11.3 Å². The zero-order valence-corrected chi connectivity index (χ0v) is 22.2. The van der Waals surface area contributed by atoms with Crippen LogP contribution in [0.25, 0.3) is 21.3 Å². The summed E-state index contributed by atoms with van der Waals surface area (Å²) >= 11 is 8.42. The standard InChI is InChI=1S/C29H29ClN4O2S/c30-17-9-22(20-4-7-31-24-11-19(37-28(20)24)15-34-25(35)2-3-26(34)36)27-23(10-17)21-8-16(21)14-33(27)18-12-29(32-13-18)5-1-6-29/h4,7,9-11,16,18,21,32H,1-3,5-6,8,12-15H2/t16-,18-,21-/m0/s1. The van der Waals surface area contributed by atoms with E-state index in [1.165, 1.54) is 53.8 Å². The number of imide groups is 1. The van der Waals surface area contributed by atoms with E-state index < -0.39 is 0 Å². The van der Waals surface area contributed by atoms with Gasteiger partial charge in [0.25, 0.3) is 0 Å². The summed E-state index contributed by atoms with van der Waals surface area (Å²) in [5.74, 6) is 1.18. The lowest BCUT2D eigenvalue weighted by Crippen LogP contribution is -2.46. The van der Waals surface area contributed by atoms with Crippen LogP contribution in [0.3, 0.4) is 0 Å². The minimum atomic E-state index is -0.0800. The highest BCUT2D eigenvalue weighted by Gasteiger charge is 2.51. The van der Waals surface area contributed by atoms with Crippen LogP contribution in [0.1, 0.15) is 61.3 Å². The van der Waals surface area contributed by atoms with E-state index in [0.717, 1.165) is 44.7 Å². The van der Waals surface area contributed by atoms with Crippen molar-refractivity contribution < 1.29 is 9.59 Å². The number of nitrogens with one attached hydrogen (secondary N) is 1. The third-order valence-corrected chi connectivity index (χ3v) is 10.8. The number of amides is 2. The second kappa shape index (κ2) is 8.01. The lowest BCUT2D eigenvalue weighted by molar-refractivity contribution is -0.138. The average molecular weight is 533 g/mol. The quantitative estimate of drug-likeness (QED) is 0.451. The SMILES string of the molecule is O=C1CCC(=O)N1Cc1cc2nccc(-c3cc(Cl)cc4c3N([C@@H]3CNC5(CCC5)C3)C[C@@H]3C[C@H]43)c2s1. The summed E-state index contributed by atoms with van der Waals surface area (Å²) in [6, 6.07) is 9.00. The van der Waals surface area contributed by atoms with E-state index in [2.05, 4.69) is 33.4 Å². The topological polar surface area (TPSA) is 65.5 Å². The molecule has 8 heteroatoms. The minimum absolute atomic E-state index is 0.0800. The van der Waals surface area contributed by atoms with Gasteiger partial charge in [0.1, 0.15) is 0 Å². The van der Waals surface area contributed by atoms with Gasteiger partial charge in [0, 0.05) is 70.4 Å². The molecule has 190 valence electrons. The fraction of sp³-hybridized carbons (Fsp3) is 0.483. The van der Waals surface area contributed by atoms with Gasteiger partial charge < -0.3 is 10.2 Å². The van der Waals surface area contributed by atoms with Crippen LogP contribution in [-0.2, 0) is 16.1 Å². The number of likely N-dealkylation sites (tertiary alicyclic amines) is 1. The first kappa shape index (κ1) is 22.5. The van der Waals surface area contributed by atoms with Crippen molar-refractivity contribution >= 4 is 50.7 Å². The molecule has 6 nitrogen and oxygen atoms in total.